The van der Waals surface area contributed by atoms with Gasteiger partial charge in [0, 0.05) is 47.7 Å². The molecule has 0 saturated heterocycles. The molecule has 1 aromatic heterocycles. The summed E-state index contributed by atoms with van der Waals surface area (Å²) in [6, 6.07) is 13.1. The average molecular weight is 502 g/mol. The Hall–Kier alpha value is -2.78. The first-order chi connectivity index (χ1) is 17.0. The normalized spacial score (nSPS) is 16.2. The molecule has 2 atom stereocenters. The van der Waals surface area contributed by atoms with Crippen LogP contribution >= 0.6 is 11.6 Å². The molecule has 4 rings (SSSR count). The molecule has 2 heterocycles. The minimum absolute atomic E-state index is 0.0396. The van der Waals surface area contributed by atoms with Crippen molar-refractivity contribution in [3.8, 4) is 5.75 Å². The van der Waals surface area contributed by atoms with Crippen LogP contribution in [0, 0.1) is 0 Å². The summed E-state index contributed by atoms with van der Waals surface area (Å²) >= 11 is 6.26. The van der Waals surface area contributed by atoms with Gasteiger partial charge in [-0.3, -0.25) is 4.90 Å². The van der Waals surface area contributed by atoms with Crippen molar-refractivity contribution in [2.75, 3.05) is 39.5 Å². The number of fused-ring (bicyclic) bond motifs is 3. The van der Waals surface area contributed by atoms with E-state index in [4.69, 9.17) is 26.2 Å². The molecule has 0 saturated carbocycles. The van der Waals surface area contributed by atoms with E-state index < -0.39 is 6.10 Å². The summed E-state index contributed by atoms with van der Waals surface area (Å²) in [4.78, 5) is 18.1. The first-order valence-corrected chi connectivity index (χ1v) is 12.4. The maximum atomic E-state index is 12.8. The number of amides is 1. The van der Waals surface area contributed by atoms with Gasteiger partial charge in [-0.15, -0.1) is 0 Å². The number of aliphatic hydroxyl groups excluding tert-OH is 2. The second kappa shape index (κ2) is 11.8. The van der Waals surface area contributed by atoms with Crippen LogP contribution in [-0.2, 0) is 11.2 Å². The number of ether oxygens (including phenoxy) is 2. The number of carbonyl (C=O) groups is 1. The molecule has 188 valence electrons. The molecular formula is C26H32ClN3O5. The summed E-state index contributed by atoms with van der Waals surface area (Å²) < 4.78 is 11.2. The number of halogens is 1. The van der Waals surface area contributed by atoms with E-state index in [9.17, 15) is 9.90 Å². The van der Waals surface area contributed by atoms with Gasteiger partial charge in [-0.05, 0) is 54.8 Å². The zero-order valence-electron chi connectivity index (χ0n) is 19.8. The van der Waals surface area contributed by atoms with Gasteiger partial charge in [0.25, 0.3) is 0 Å². The molecule has 1 amide bonds. The molecule has 0 aliphatic carbocycles. The van der Waals surface area contributed by atoms with Crippen molar-refractivity contribution >= 4 is 28.6 Å². The van der Waals surface area contributed by atoms with Crippen molar-refractivity contribution in [2.45, 2.75) is 31.9 Å². The van der Waals surface area contributed by atoms with Crippen molar-refractivity contribution < 1.29 is 24.5 Å². The number of carbonyl (C=O) groups excluding carboxylic acids is 1. The first kappa shape index (κ1) is 25.3. The van der Waals surface area contributed by atoms with Gasteiger partial charge in [-0.25, -0.2) is 4.79 Å². The number of aromatic nitrogens is 1. The average Bonchev–Trinajstić information content (AvgIpc) is 3.22. The zero-order chi connectivity index (χ0) is 24.8. The third-order valence-corrected chi connectivity index (χ3v) is 6.41. The predicted octanol–water partition coefficient (Wildman–Crippen LogP) is 3.64. The molecule has 4 N–H and O–H groups in total. The van der Waals surface area contributed by atoms with Gasteiger partial charge in [0.15, 0.2) is 0 Å². The second-order valence-corrected chi connectivity index (χ2v) is 8.98. The van der Waals surface area contributed by atoms with Crippen LogP contribution < -0.4 is 10.1 Å². The lowest BCUT2D eigenvalue weighted by molar-refractivity contribution is 0.0932. The van der Waals surface area contributed by atoms with Crippen molar-refractivity contribution in [2.24, 2.45) is 0 Å². The van der Waals surface area contributed by atoms with E-state index in [0.717, 1.165) is 27.7 Å². The summed E-state index contributed by atoms with van der Waals surface area (Å²) in [6.07, 6.45) is 0.293. The van der Waals surface area contributed by atoms with Crippen molar-refractivity contribution in [3.05, 3.63) is 64.3 Å². The number of nitrogens with one attached hydrogen (secondary N) is 2. The number of nitrogens with zero attached hydrogens (tertiary/aromatic N) is 1. The maximum absolute atomic E-state index is 12.8. The highest BCUT2D eigenvalue weighted by molar-refractivity contribution is 6.31. The van der Waals surface area contributed by atoms with Crippen LogP contribution in [0.4, 0.5) is 4.79 Å². The molecule has 0 radical (unpaired) electrons. The summed E-state index contributed by atoms with van der Waals surface area (Å²) in [7, 11) is 0. The summed E-state index contributed by atoms with van der Waals surface area (Å²) in [6.45, 7) is 3.92. The molecule has 3 aromatic rings. The summed E-state index contributed by atoms with van der Waals surface area (Å²) in [5.41, 5.74) is 4.06. The van der Waals surface area contributed by atoms with Gasteiger partial charge in [0.1, 0.15) is 11.8 Å². The number of rotatable bonds is 10. The number of hydrogen-bond acceptors (Lipinski definition) is 6. The Morgan fingerprint density at radius 3 is 2.83 bits per heavy atom. The lowest BCUT2D eigenvalue weighted by atomic mass is 9.92. The van der Waals surface area contributed by atoms with Gasteiger partial charge >= 0.3 is 6.09 Å². The van der Waals surface area contributed by atoms with Crippen molar-refractivity contribution in [3.63, 3.8) is 0 Å². The van der Waals surface area contributed by atoms with Crippen LogP contribution in [0.15, 0.2) is 42.5 Å². The van der Waals surface area contributed by atoms with Crippen LogP contribution in [0.3, 0.4) is 0 Å². The van der Waals surface area contributed by atoms with Crippen molar-refractivity contribution in [1.82, 2.24) is 15.2 Å². The second-order valence-electron chi connectivity index (χ2n) is 8.54. The molecule has 8 nitrogen and oxygen atoms in total. The van der Waals surface area contributed by atoms with Gasteiger partial charge < -0.3 is 30.0 Å². The highest BCUT2D eigenvalue weighted by Gasteiger charge is 2.35. The Morgan fingerprint density at radius 1 is 1.29 bits per heavy atom. The highest BCUT2D eigenvalue weighted by Crippen LogP contribution is 2.39. The van der Waals surface area contributed by atoms with Crippen LogP contribution in [0.25, 0.3) is 10.9 Å². The third-order valence-electron chi connectivity index (χ3n) is 6.18. The molecule has 1 aliphatic rings. The number of aliphatic hydroxyl groups is 2. The first-order valence-electron chi connectivity index (χ1n) is 12.0. The maximum Gasteiger partial charge on any atom is 0.410 e. The zero-order valence-corrected chi connectivity index (χ0v) is 20.6. The van der Waals surface area contributed by atoms with Crippen LogP contribution in [-0.4, -0.2) is 71.7 Å². The fourth-order valence-corrected chi connectivity index (χ4v) is 4.69. The predicted molar refractivity (Wildman–Crippen MR) is 135 cm³/mol. The summed E-state index contributed by atoms with van der Waals surface area (Å²) in [5.74, 6) is 0.686. The SMILES string of the molecule is CCOC(=O)N1CCc2c([nH]c3ccc(Cl)cc23)C1c1ccc(OCCC(O)CNCCO)cc1. The minimum atomic E-state index is -0.546. The van der Waals surface area contributed by atoms with Gasteiger partial charge in [0.2, 0.25) is 0 Å². The van der Waals surface area contributed by atoms with Crippen LogP contribution in [0.2, 0.25) is 5.02 Å². The fourth-order valence-electron chi connectivity index (χ4n) is 4.52. The Labute approximate surface area is 209 Å². The van der Waals surface area contributed by atoms with Crippen LogP contribution in [0.1, 0.15) is 36.2 Å². The quantitative estimate of drug-likeness (QED) is 0.316. The van der Waals surface area contributed by atoms with Gasteiger partial charge in [-0.2, -0.15) is 0 Å². The standard InChI is InChI=1S/C26H32ClN3O5/c1-2-34-26(33)30-12-9-21-22-15-18(27)5-8-23(22)29-24(21)25(30)17-3-6-20(7-4-17)35-14-10-19(32)16-28-11-13-31/h3-8,15,19,25,28-29,31-32H,2,9-14,16H2,1H3. The van der Waals surface area contributed by atoms with Crippen molar-refractivity contribution in [1.29, 1.82) is 0 Å². The Bertz CT molecular complexity index is 1130. The molecule has 1 aliphatic heterocycles. The van der Waals surface area contributed by atoms with Gasteiger partial charge in [0.05, 0.1) is 25.9 Å². The van der Waals surface area contributed by atoms with E-state index in [1.54, 1.807) is 11.8 Å². The molecule has 2 unspecified atom stereocenters. The Morgan fingerprint density at radius 2 is 2.09 bits per heavy atom. The molecule has 0 bridgehead atoms. The summed E-state index contributed by atoms with van der Waals surface area (Å²) in [5, 5.41) is 23.5. The Kier molecular flexibility index (Phi) is 8.51. The van der Waals surface area contributed by atoms with E-state index in [2.05, 4.69) is 10.3 Å². The largest absolute Gasteiger partial charge is 0.493 e. The number of H-pyrrole nitrogens is 1. The monoisotopic (exact) mass is 501 g/mol. The highest BCUT2D eigenvalue weighted by atomic mass is 35.5. The Balaban J connectivity index is 1.53. The minimum Gasteiger partial charge on any atom is -0.493 e. The fraction of sp³-hybridized carbons (Fsp3) is 0.423. The molecule has 0 fully saturated rings. The lowest BCUT2D eigenvalue weighted by Gasteiger charge is -2.35. The van der Waals surface area contributed by atoms with E-state index in [1.165, 1.54) is 0 Å². The van der Waals surface area contributed by atoms with E-state index in [0.29, 0.717) is 56.5 Å². The number of hydrogen-bond donors (Lipinski definition) is 4. The molecule has 35 heavy (non-hydrogen) atoms. The molecular weight excluding hydrogens is 470 g/mol. The number of aromatic amines is 1. The molecule has 0 spiro atoms. The van der Waals surface area contributed by atoms with Gasteiger partial charge in [-0.1, -0.05) is 23.7 Å². The van der Waals surface area contributed by atoms with E-state index >= 15 is 0 Å². The molecule has 2 aromatic carbocycles. The topological polar surface area (TPSA) is 107 Å². The van der Waals surface area contributed by atoms with E-state index in [-0.39, 0.29) is 18.7 Å². The molecule has 9 heteroatoms. The smallest absolute Gasteiger partial charge is 0.410 e. The van der Waals surface area contributed by atoms with E-state index in [1.807, 2.05) is 42.5 Å². The third kappa shape index (κ3) is 5.90. The number of benzene rings is 2. The van der Waals surface area contributed by atoms with Crippen LogP contribution in [0.5, 0.6) is 5.75 Å². The lowest BCUT2D eigenvalue weighted by Crippen LogP contribution is -2.40.